The molecule has 2 rings (SSSR count). The van der Waals surface area contributed by atoms with Gasteiger partial charge >= 0.3 is 0 Å². The Labute approximate surface area is 352 Å². The van der Waals surface area contributed by atoms with Gasteiger partial charge in [-0.05, 0) is 18.4 Å². The van der Waals surface area contributed by atoms with Crippen molar-refractivity contribution < 1.29 is 66.7 Å². The van der Waals surface area contributed by atoms with E-state index in [0.29, 0.717) is 130 Å². The average Bonchev–Trinajstić information content (AvgIpc) is 3.56. The standard InChI is InChI=1S/C41H63N5O14/c1-34(30-35-8-4-2-5-9-35)45-38(49)32-43-37(48)31-44-39(50)33-60-29-28-59-27-26-58-25-24-57-23-22-56-21-20-55-19-18-54-17-16-53-15-13-42-36(47)10-6-3-7-14-46-40(51)11-12-41(46)52/h2,4-5,8-9,11-12H,1,3,6-7,10,13-33H2,(H,42,47)(H,43,48)(H,44,50)(H,45,49). The summed E-state index contributed by atoms with van der Waals surface area (Å²) in [5.74, 6) is -2.01. The van der Waals surface area contributed by atoms with Crippen LogP contribution in [0.4, 0.5) is 0 Å². The van der Waals surface area contributed by atoms with E-state index in [9.17, 15) is 28.8 Å². The minimum Gasteiger partial charge on any atom is -0.377 e. The Morgan fingerprint density at radius 3 is 1.52 bits per heavy atom. The summed E-state index contributed by atoms with van der Waals surface area (Å²) in [5, 5.41) is 10.3. The second kappa shape index (κ2) is 35.2. The lowest BCUT2D eigenvalue weighted by Gasteiger charge is -2.13. The first-order chi connectivity index (χ1) is 29.2. The summed E-state index contributed by atoms with van der Waals surface area (Å²) < 4.78 is 43.4. The van der Waals surface area contributed by atoms with Gasteiger partial charge in [-0.15, -0.1) is 0 Å². The van der Waals surface area contributed by atoms with Gasteiger partial charge in [0.05, 0.1) is 112 Å². The molecular weight excluding hydrogens is 786 g/mol. The number of allylic oxidation sites excluding steroid dienone is 1. The number of nitrogens with one attached hydrogen (secondary N) is 4. The predicted octanol–water partition coefficient (Wildman–Crippen LogP) is -0.174. The molecule has 0 aliphatic carbocycles. The number of amides is 6. The summed E-state index contributed by atoms with van der Waals surface area (Å²) in [5.41, 5.74) is 1.52. The summed E-state index contributed by atoms with van der Waals surface area (Å²) in [7, 11) is 0. The number of hydrogen-bond acceptors (Lipinski definition) is 14. The predicted molar refractivity (Wildman–Crippen MR) is 217 cm³/mol. The van der Waals surface area contributed by atoms with Gasteiger partial charge in [-0.25, -0.2) is 0 Å². The maximum absolute atomic E-state index is 12.0. The SMILES string of the molecule is C=C(Cc1ccccc1)NC(=O)CNC(=O)CNC(=O)COCCOCCOCCOCCOCCOCCOCCOCCNC(=O)CCCCCN1C(=O)C=CC1=O. The van der Waals surface area contributed by atoms with E-state index in [0.717, 1.165) is 12.0 Å². The summed E-state index contributed by atoms with van der Waals surface area (Å²) in [4.78, 5) is 71.9. The van der Waals surface area contributed by atoms with Crippen LogP contribution in [0.15, 0.2) is 54.8 Å². The Bertz CT molecular complexity index is 1410. The smallest absolute Gasteiger partial charge is 0.253 e. The Hall–Kier alpha value is -4.60. The molecule has 1 aliphatic rings. The molecule has 0 saturated heterocycles. The number of hydrogen-bond donors (Lipinski definition) is 4. The number of imide groups is 1. The Morgan fingerprint density at radius 2 is 0.983 bits per heavy atom. The second-order valence-corrected chi connectivity index (χ2v) is 13.0. The molecule has 1 aromatic rings. The summed E-state index contributed by atoms with van der Waals surface area (Å²) in [6, 6.07) is 9.54. The monoisotopic (exact) mass is 849 g/mol. The van der Waals surface area contributed by atoms with Crippen LogP contribution in [0.25, 0.3) is 0 Å². The molecule has 19 nitrogen and oxygen atoms in total. The zero-order valence-corrected chi connectivity index (χ0v) is 34.6. The molecule has 336 valence electrons. The molecular formula is C41H63N5O14. The largest absolute Gasteiger partial charge is 0.377 e. The summed E-state index contributed by atoms with van der Waals surface area (Å²) in [6.07, 6.45) is 5.52. The van der Waals surface area contributed by atoms with Crippen molar-refractivity contribution in [3.63, 3.8) is 0 Å². The molecule has 4 N–H and O–H groups in total. The minimum atomic E-state index is -0.511. The summed E-state index contributed by atoms with van der Waals surface area (Å²) in [6.45, 7) is 9.67. The average molecular weight is 850 g/mol. The molecule has 60 heavy (non-hydrogen) atoms. The van der Waals surface area contributed by atoms with E-state index < -0.39 is 17.7 Å². The van der Waals surface area contributed by atoms with Crippen LogP contribution < -0.4 is 21.3 Å². The van der Waals surface area contributed by atoms with E-state index in [4.69, 9.17) is 37.9 Å². The van der Waals surface area contributed by atoms with E-state index in [-0.39, 0.29) is 50.6 Å². The number of ether oxygens (including phenoxy) is 8. The zero-order chi connectivity index (χ0) is 43.3. The van der Waals surface area contributed by atoms with Crippen LogP contribution in [0.3, 0.4) is 0 Å². The lowest BCUT2D eigenvalue weighted by atomic mass is 10.1. The Balaban J connectivity index is 1.20. The topological polar surface area (TPSA) is 228 Å². The molecule has 0 aromatic heterocycles. The molecule has 6 amide bonds. The zero-order valence-electron chi connectivity index (χ0n) is 34.6. The lowest BCUT2D eigenvalue weighted by Crippen LogP contribution is -2.42. The van der Waals surface area contributed by atoms with Crippen LogP contribution in [-0.2, 0) is 73.1 Å². The normalized spacial score (nSPS) is 12.2. The highest BCUT2D eigenvalue weighted by molar-refractivity contribution is 6.12. The molecule has 0 bridgehead atoms. The van der Waals surface area contributed by atoms with Crippen LogP contribution in [0.2, 0.25) is 0 Å². The number of unbranched alkanes of at least 4 members (excludes halogenated alkanes) is 2. The molecule has 0 unspecified atom stereocenters. The fourth-order valence-corrected chi connectivity index (χ4v) is 5.04. The van der Waals surface area contributed by atoms with Crippen LogP contribution in [0, 0.1) is 0 Å². The molecule has 0 saturated carbocycles. The first-order valence-corrected chi connectivity index (χ1v) is 20.2. The van der Waals surface area contributed by atoms with Crippen molar-refractivity contribution in [2.45, 2.75) is 32.1 Å². The van der Waals surface area contributed by atoms with Crippen LogP contribution in [0.1, 0.15) is 31.2 Å². The van der Waals surface area contributed by atoms with Gasteiger partial charge in [-0.3, -0.25) is 33.7 Å². The van der Waals surface area contributed by atoms with E-state index in [2.05, 4.69) is 27.8 Å². The van der Waals surface area contributed by atoms with Crippen molar-refractivity contribution in [3.8, 4) is 0 Å². The van der Waals surface area contributed by atoms with Gasteiger partial charge in [0.25, 0.3) is 11.8 Å². The molecule has 0 radical (unpaired) electrons. The first-order valence-electron chi connectivity index (χ1n) is 20.2. The number of carbonyl (C=O) groups excluding carboxylic acids is 6. The fourth-order valence-electron chi connectivity index (χ4n) is 5.04. The molecule has 0 atom stereocenters. The maximum atomic E-state index is 12.0. The molecule has 1 heterocycles. The third-order valence-electron chi connectivity index (χ3n) is 8.06. The van der Waals surface area contributed by atoms with Crippen molar-refractivity contribution >= 4 is 35.4 Å². The van der Waals surface area contributed by atoms with Crippen molar-refractivity contribution in [1.29, 1.82) is 0 Å². The van der Waals surface area contributed by atoms with Gasteiger partial charge in [-0.1, -0.05) is 43.3 Å². The van der Waals surface area contributed by atoms with Crippen molar-refractivity contribution in [3.05, 3.63) is 60.3 Å². The summed E-state index contributed by atoms with van der Waals surface area (Å²) >= 11 is 0. The highest BCUT2D eigenvalue weighted by atomic mass is 16.6. The third-order valence-corrected chi connectivity index (χ3v) is 8.06. The highest BCUT2D eigenvalue weighted by Crippen LogP contribution is 2.08. The maximum Gasteiger partial charge on any atom is 0.253 e. The molecule has 0 spiro atoms. The molecule has 0 fully saturated rings. The number of carbonyl (C=O) groups is 6. The molecule has 1 aliphatic heterocycles. The number of benzene rings is 1. The third kappa shape index (κ3) is 28.8. The second-order valence-electron chi connectivity index (χ2n) is 13.0. The van der Waals surface area contributed by atoms with E-state index in [1.54, 1.807) is 0 Å². The Kier molecular flexibility index (Phi) is 30.2. The number of nitrogens with zero attached hydrogens (tertiary/aromatic N) is 1. The van der Waals surface area contributed by atoms with E-state index >= 15 is 0 Å². The van der Waals surface area contributed by atoms with Crippen molar-refractivity contribution in [2.24, 2.45) is 0 Å². The van der Waals surface area contributed by atoms with E-state index in [1.807, 2.05) is 30.3 Å². The van der Waals surface area contributed by atoms with Gasteiger partial charge in [0, 0.05) is 43.8 Å². The van der Waals surface area contributed by atoms with Gasteiger partial charge < -0.3 is 59.2 Å². The quantitative estimate of drug-likeness (QED) is 0.0499. The van der Waals surface area contributed by atoms with Crippen molar-refractivity contribution in [1.82, 2.24) is 26.2 Å². The Morgan fingerprint density at radius 1 is 0.517 bits per heavy atom. The van der Waals surface area contributed by atoms with Crippen LogP contribution >= 0.6 is 0 Å². The van der Waals surface area contributed by atoms with Gasteiger partial charge in [0.2, 0.25) is 23.6 Å². The molecule has 19 heteroatoms. The van der Waals surface area contributed by atoms with Crippen LogP contribution in [-0.4, -0.2) is 172 Å². The van der Waals surface area contributed by atoms with E-state index in [1.165, 1.54) is 17.1 Å². The molecule has 1 aromatic carbocycles. The number of rotatable bonds is 39. The lowest BCUT2D eigenvalue weighted by molar-refractivity contribution is -0.137. The van der Waals surface area contributed by atoms with Crippen LogP contribution in [0.5, 0.6) is 0 Å². The van der Waals surface area contributed by atoms with Gasteiger partial charge in [0.1, 0.15) is 6.61 Å². The highest BCUT2D eigenvalue weighted by Gasteiger charge is 2.22. The fraction of sp³-hybridized carbons (Fsp3) is 0.610. The minimum absolute atomic E-state index is 0.0567. The van der Waals surface area contributed by atoms with Crippen molar-refractivity contribution in [2.75, 3.05) is 132 Å². The first kappa shape index (κ1) is 51.5. The van der Waals surface area contributed by atoms with Gasteiger partial charge in [0.15, 0.2) is 0 Å². The van der Waals surface area contributed by atoms with Gasteiger partial charge in [-0.2, -0.15) is 0 Å².